The number of rotatable bonds is 2. The lowest BCUT2D eigenvalue weighted by atomic mass is 9.99. The van der Waals surface area contributed by atoms with Crippen molar-refractivity contribution in [3.8, 4) is 5.75 Å². The molecule has 98 valence electrons. The quantitative estimate of drug-likeness (QED) is 0.836. The zero-order valence-corrected chi connectivity index (χ0v) is 10.9. The van der Waals surface area contributed by atoms with Crippen molar-refractivity contribution in [2.45, 2.75) is 38.8 Å². The molecule has 2 unspecified atom stereocenters. The molecule has 0 saturated heterocycles. The summed E-state index contributed by atoms with van der Waals surface area (Å²) in [5.74, 6) is 0.791. The van der Waals surface area contributed by atoms with Gasteiger partial charge in [-0.3, -0.25) is 4.79 Å². The van der Waals surface area contributed by atoms with Gasteiger partial charge >= 0.3 is 0 Å². The number of aryl methyl sites for hydroxylation is 1. The molecule has 0 radical (unpaired) electrons. The third-order valence-corrected chi connectivity index (χ3v) is 3.23. The first-order valence-electron chi connectivity index (χ1n) is 6.38. The maximum Gasteiger partial charge on any atom is 0.237 e. The number of fused-ring (bicyclic) bond motifs is 1. The SMILES string of the molecule is Cc1cccc2c1OCCCC2NC(=O)C(C)N. The molecule has 1 aliphatic heterocycles. The minimum absolute atomic E-state index is 0.000833. The average molecular weight is 248 g/mol. The lowest BCUT2D eigenvalue weighted by Gasteiger charge is -2.20. The summed E-state index contributed by atoms with van der Waals surface area (Å²) in [7, 11) is 0. The summed E-state index contributed by atoms with van der Waals surface area (Å²) in [6.45, 7) is 4.41. The monoisotopic (exact) mass is 248 g/mol. The van der Waals surface area contributed by atoms with Crippen LogP contribution in [-0.4, -0.2) is 18.6 Å². The van der Waals surface area contributed by atoms with Gasteiger partial charge in [0.05, 0.1) is 18.7 Å². The molecule has 0 bridgehead atoms. The van der Waals surface area contributed by atoms with Crippen LogP contribution in [0.2, 0.25) is 0 Å². The molecule has 0 saturated carbocycles. The number of carbonyl (C=O) groups is 1. The fraction of sp³-hybridized carbons (Fsp3) is 0.500. The van der Waals surface area contributed by atoms with Crippen LogP contribution in [0, 0.1) is 6.92 Å². The Labute approximate surface area is 108 Å². The molecule has 0 aliphatic carbocycles. The van der Waals surface area contributed by atoms with Crippen molar-refractivity contribution in [1.82, 2.24) is 5.32 Å². The summed E-state index contributed by atoms with van der Waals surface area (Å²) in [6, 6.07) is 5.55. The van der Waals surface area contributed by atoms with Gasteiger partial charge in [0.25, 0.3) is 0 Å². The van der Waals surface area contributed by atoms with Gasteiger partial charge in [-0.25, -0.2) is 0 Å². The fourth-order valence-corrected chi connectivity index (χ4v) is 2.22. The van der Waals surface area contributed by atoms with Crippen molar-refractivity contribution in [2.24, 2.45) is 5.73 Å². The first-order valence-corrected chi connectivity index (χ1v) is 6.38. The van der Waals surface area contributed by atoms with Gasteiger partial charge in [0, 0.05) is 5.56 Å². The van der Waals surface area contributed by atoms with E-state index in [2.05, 4.69) is 5.32 Å². The second-order valence-corrected chi connectivity index (χ2v) is 4.83. The summed E-state index contributed by atoms with van der Waals surface area (Å²) < 4.78 is 5.77. The van der Waals surface area contributed by atoms with Crippen molar-refractivity contribution in [3.63, 3.8) is 0 Å². The third kappa shape index (κ3) is 2.64. The number of hydrogen-bond donors (Lipinski definition) is 2. The number of carbonyl (C=O) groups excluding carboxylic acids is 1. The van der Waals surface area contributed by atoms with E-state index in [1.54, 1.807) is 6.92 Å². The van der Waals surface area contributed by atoms with Gasteiger partial charge in [0.1, 0.15) is 5.75 Å². The average Bonchev–Trinajstić information content (AvgIpc) is 2.53. The van der Waals surface area contributed by atoms with Gasteiger partial charge in [-0.05, 0) is 32.3 Å². The smallest absolute Gasteiger partial charge is 0.237 e. The second-order valence-electron chi connectivity index (χ2n) is 4.83. The van der Waals surface area contributed by atoms with E-state index in [4.69, 9.17) is 10.5 Å². The van der Waals surface area contributed by atoms with Crippen LogP contribution in [-0.2, 0) is 4.79 Å². The Bertz CT molecular complexity index is 443. The number of hydrogen-bond acceptors (Lipinski definition) is 3. The highest BCUT2D eigenvalue weighted by Gasteiger charge is 2.23. The van der Waals surface area contributed by atoms with Crippen molar-refractivity contribution in [2.75, 3.05) is 6.61 Å². The van der Waals surface area contributed by atoms with Crippen LogP contribution >= 0.6 is 0 Å². The molecular weight excluding hydrogens is 228 g/mol. The Morgan fingerprint density at radius 2 is 2.33 bits per heavy atom. The molecule has 3 N–H and O–H groups in total. The minimum Gasteiger partial charge on any atom is -0.493 e. The van der Waals surface area contributed by atoms with E-state index < -0.39 is 6.04 Å². The number of nitrogens with one attached hydrogen (secondary N) is 1. The van der Waals surface area contributed by atoms with Crippen LogP contribution in [0.1, 0.15) is 36.9 Å². The number of amides is 1. The van der Waals surface area contributed by atoms with Crippen LogP contribution in [0.15, 0.2) is 18.2 Å². The number of benzene rings is 1. The minimum atomic E-state index is -0.484. The molecule has 2 rings (SSSR count). The maximum atomic E-state index is 11.7. The van der Waals surface area contributed by atoms with Crippen LogP contribution in [0.3, 0.4) is 0 Å². The Morgan fingerprint density at radius 1 is 1.56 bits per heavy atom. The first kappa shape index (κ1) is 12.9. The molecule has 1 amide bonds. The van der Waals surface area contributed by atoms with E-state index in [1.807, 2.05) is 25.1 Å². The van der Waals surface area contributed by atoms with Crippen molar-refractivity contribution >= 4 is 5.91 Å². The van der Waals surface area contributed by atoms with Gasteiger partial charge in [-0.2, -0.15) is 0 Å². The van der Waals surface area contributed by atoms with Crippen molar-refractivity contribution < 1.29 is 9.53 Å². The zero-order chi connectivity index (χ0) is 13.1. The largest absolute Gasteiger partial charge is 0.493 e. The highest BCUT2D eigenvalue weighted by Crippen LogP contribution is 2.33. The van der Waals surface area contributed by atoms with E-state index in [9.17, 15) is 4.79 Å². The van der Waals surface area contributed by atoms with Gasteiger partial charge < -0.3 is 15.8 Å². The fourth-order valence-electron chi connectivity index (χ4n) is 2.22. The second kappa shape index (κ2) is 5.40. The molecule has 18 heavy (non-hydrogen) atoms. The van der Waals surface area contributed by atoms with Crippen LogP contribution in [0.25, 0.3) is 0 Å². The lowest BCUT2D eigenvalue weighted by molar-refractivity contribution is -0.122. The van der Waals surface area contributed by atoms with E-state index >= 15 is 0 Å². The number of nitrogens with two attached hydrogens (primary N) is 1. The van der Waals surface area contributed by atoms with E-state index in [0.717, 1.165) is 29.7 Å². The molecule has 0 aromatic heterocycles. The van der Waals surface area contributed by atoms with Gasteiger partial charge in [-0.1, -0.05) is 18.2 Å². The normalized spacial score (nSPS) is 20.3. The summed E-state index contributed by atoms with van der Waals surface area (Å²) >= 11 is 0. The molecule has 1 aromatic rings. The molecule has 1 aliphatic rings. The van der Waals surface area contributed by atoms with Crippen LogP contribution in [0.4, 0.5) is 0 Å². The van der Waals surface area contributed by atoms with E-state index in [1.165, 1.54) is 0 Å². The Hall–Kier alpha value is -1.55. The highest BCUT2D eigenvalue weighted by atomic mass is 16.5. The topological polar surface area (TPSA) is 64.3 Å². The van der Waals surface area contributed by atoms with Crippen molar-refractivity contribution in [1.29, 1.82) is 0 Å². The number of para-hydroxylation sites is 1. The predicted molar refractivity (Wildman–Crippen MR) is 70.4 cm³/mol. The van der Waals surface area contributed by atoms with Gasteiger partial charge in [0.2, 0.25) is 5.91 Å². The summed E-state index contributed by atoms with van der Waals surface area (Å²) in [5.41, 5.74) is 7.76. The maximum absolute atomic E-state index is 11.7. The molecule has 0 spiro atoms. The van der Waals surface area contributed by atoms with Crippen molar-refractivity contribution in [3.05, 3.63) is 29.3 Å². The van der Waals surface area contributed by atoms with Crippen LogP contribution < -0.4 is 15.8 Å². The van der Waals surface area contributed by atoms with E-state index in [-0.39, 0.29) is 11.9 Å². The molecule has 1 heterocycles. The molecule has 4 nitrogen and oxygen atoms in total. The highest BCUT2D eigenvalue weighted by molar-refractivity contribution is 5.81. The summed E-state index contributed by atoms with van der Waals surface area (Å²) in [6.07, 6.45) is 1.81. The van der Waals surface area contributed by atoms with Gasteiger partial charge in [-0.15, -0.1) is 0 Å². The standard InChI is InChI=1S/C14H20N2O2/c1-9-5-3-6-11-12(16-14(17)10(2)15)7-4-8-18-13(9)11/h3,5-6,10,12H,4,7-8,15H2,1-2H3,(H,16,17). The molecule has 4 heteroatoms. The molecular formula is C14H20N2O2. The first-order chi connectivity index (χ1) is 8.59. The lowest BCUT2D eigenvalue weighted by Crippen LogP contribution is -2.40. The van der Waals surface area contributed by atoms with E-state index in [0.29, 0.717) is 6.61 Å². The third-order valence-electron chi connectivity index (χ3n) is 3.23. The predicted octanol–water partition coefficient (Wildman–Crippen LogP) is 1.67. The molecule has 1 aromatic carbocycles. The number of ether oxygens (including phenoxy) is 1. The van der Waals surface area contributed by atoms with Crippen LogP contribution in [0.5, 0.6) is 5.75 Å². The Kier molecular flexibility index (Phi) is 3.87. The summed E-state index contributed by atoms with van der Waals surface area (Å²) in [4.78, 5) is 11.7. The zero-order valence-electron chi connectivity index (χ0n) is 10.9. The molecule has 0 fully saturated rings. The Morgan fingerprint density at radius 3 is 3.06 bits per heavy atom. The van der Waals surface area contributed by atoms with Gasteiger partial charge in [0.15, 0.2) is 0 Å². The molecule has 2 atom stereocenters. The summed E-state index contributed by atoms with van der Waals surface area (Å²) in [5, 5.41) is 3.00. The Balaban J connectivity index is 2.27.